The van der Waals surface area contributed by atoms with E-state index in [1.165, 1.54) is 6.07 Å². The molecule has 0 atom stereocenters. The fourth-order valence-electron chi connectivity index (χ4n) is 1.11. The molecule has 0 radical (unpaired) electrons. The van der Waals surface area contributed by atoms with Crippen molar-refractivity contribution in [2.24, 2.45) is 5.73 Å². The molecule has 5 nitrogen and oxygen atoms in total. The summed E-state index contributed by atoms with van der Waals surface area (Å²) in [5.74, 6) is 0. The number of anilines is 1. The van der Waals surface area contributed by atoms with Gasteiger partial charge in [0.1, 0.15) is 5.69 Å². The average molecular weight is 231 g/mol. The van der Waals surface area contributed by atoms with Crippen LogP contribution in [0.25, 0.3) is 0 Å². The van der Waals surface area contributed by atoms with E-state index in [1.807, 2.05) is 0 Å². The lowest BCUT2D eigenvalue weighted by molar-refractivity contribution is -0.384. The molecule has 6 heteroatoms. The Hall–Kier alpha value is -1.33. The smallest absolute Gasteiger partial charge is 0.292 e. The molecule has 0 aliphatic rings. The van der Waals surface area contributed by atoms with Crippen LogP contribution in [-0.4, -0.2) is 18.0 Å². The van der Waals surface area contributed by atoms with Crippen molar-refractivity contribution < 1.29 is 17.3 Å². The molecule has 0 aliphatic heterocycles. The van der Waals surface area contributed by atoms with Crippen LogP contribution in [-0.2, 0) is 0 Å². The van der Waals surface area contributed by atoms with E-state index < -0.39 is 4.92 Å². The molecular formula is C9H13ClN3O2-. The third kappa shape index (κ3) is 4.14. The van der Waals surface area contributed by atoms with Gasteiger partial charge in [0.2, 0.25) is 0 Å². The summed E-state index contributed by atoms with van der Waals surface area (Å²) in [7, 11) is 0. The van der Waals surface area contributed by atoms with Gasteiger partial charge < -0.3 is 23.5 Å². The number of nitrogens with two attached hydrogens (primary N) is 1. The van der Waals surface area contributed by atoms with Crippen molar-refractivity contribution in [2.75, 3.05) is 18.4 Å². The normalized spacial score (nSPS) is 9.13. The highest BCUT2D eigenvalue weighted by atomic mass is 35.5. The summed E-state index contributed by atoms with van der Waals surface area (Å²) in [5, 5.41) is 13.6. The maximum Gasteiger partial charge on any atom is 0.292 e. The summed E-state index contributed by atoms with van der Waals surface area (Å²) >= 11 is 0. The summed E-state index contributed by atoms with van der Waals surface area (Å²) in [4.78, 5) is 10.2. The van der Waals surface area contributed by atoms with Crippen molar-refractivity contribution in [3.8, 4) is 0 Å². The molecule has 0 heterocycles. The van der Waals surface area contributed by atoms with E-state index in [4.69, 9.17) is 5.73 Å². The van der Waals surface area contributed by atoms with E-state index in [2.05, 4.69) is 5.32 Å². The molecular weight excluding hydrogens is 218 g/mol. The quantitative estimate of drug-likeness (QED) is 0.361. The predicted octanol–water partition coefficient (Wildman–Crippen LogP) is -1.64. The number of benzene rings is 1. The van der Waals surface area contributed by atoms with Crippen molar-refractivity contribution in [3.63, 3.8) is 0 Å². The second-order valence-corrected chi connectivity index (χ2v) is 2.84. The third-order valence-corrected chi connectivity index (χ3v) is 1.80. The van der Waals surface area contributed by atoms with Crippen LogP contribution >= 0.6 is 0 Å². The van der Waals surface area contributed by atoms with Gasteiger partial charge in [-0.15, -0.1) is 0 Å². The average Bonchev–Trinajstić information content (AvgIpc) is 2.19. The van der Waals surface area contributed by atoms with Gasteiger partial charge in [-0.2, -0.15) is 0 Å². The van der Waals surface area contributed by atoms with Crippen LogP contribution in [0.1, 0.15) is 6.42 Å². The van der Waals surface area contributed by atoms with E-state index >= 15 is 0 Å². The minimum atomic E-state index is -0.398. The summed E-state index contributed by atoms with van der Waals surface area (Å²) in [6.07, 6.45) is 0.798. The van der Waals surface area contributed by atoms with E-state index in [0.29, 0.717) is 18.8 Å². The summed E-state index contributed by atoms with van der Waals surface area (Å²) in [6, 6.07) is 6.57. The molecule has 0 spiro atoms. The molecule has 0 unspecified atom stereocenters. The first-order valence-corrected chi connectivity index (χ1v) is 4.43. The summed E-state index contributed by atoms with van der Waals surface area (Å²) < 4.78 is 0. The monoisotopic (exact) mass is 230 g/mol. The van der Waals surface area contributed by atoms with E-state index in [-0.39, 0.29) is 18.1 Å². The van der Waals surface area contributed by atoms with Crippen LogP contribution in [0.15, 0.2) is 24.3 Å². The molecule has 15 heavy (non-hydrogen) atoms. The number of nitrogens with one attached hydrogen (secondary N) is 1. The van der Waals surface area contributed by atoms with Crippen LogP contribution < -0.4 is 23.5 Å². The van der Waals surface area contributed by atoms with Crippen LogP contribution in [0.2, 0.25) is 0 Å². The summed E-state index contributed by atoms with van der Waals surface area (Å²) in [6.45, 7) is 1.23. The zero-order valence-electron chi connectivity index (χ0n) is 8.15. The molecule has 0 bridgehead atoms. The number of nitro groups is 1. The molecule has 0 aromatic heterocycles. The first-order valence-electron chi connectivity index (χ1n) is 4.43. The molecule has 0 amide bonds. The van der Waals surface area contributed by atoms with Gasteiger partial charge in [-0.05, 0) is 19.0 Å². The fourth-order valence-corrected chi connectivity index (χ4v) is 1.11. The molecule has 1 aromatic carbocycles. The highest BCUT2D eigenvalue weighted by Crippen LogP contribution is 2.22. The van der Waals surface area contributed by atoms with E-state index in [9.17, 15) is 10.1 Å². The largest absolute Gasteiger partial charge is 1.00 e. The lowest BCUT2D eigenvalue weighted by Gasteiger charge is -2.05. The maximum absolute atomic E-state index is 10.6. The molecule has 0 fully saturated rings. The first-order chi connectivity index (χ1) is 6.75. The summed E-state index contributed by atoms with van der Waals surface area (Å²) in [5.41, 5.74) is 5.97. The minimum absolute atomic E-state index is 0. The first kappa shape index (κ1) is 13.7. The van der Waals surface area contributed by atoms with Crippen LogP contribution in [0.4, 0.5) is 11.4 Å². The van der Waals surface area contributed by atoms with E-state index in [0.717, 1.165) is 6.42 Å². The SMILES string of the molecule is NCCCNc1ccccc1[N+](=O)[O-].[Cl-]. The minimum Gasteiger partial charge on any atom is -1.00 e. The maximum atomic E-state index is 10.6. The van der Waals surface area contributed by atoms with Gasteiger partial charge >= 0.3 is 0 Å². The van der Waals surface area contributed by atoms with Gasteiger partial charge in [-0.1, -0.05) is 12.1 Å². The Kier molecular flexibility index (Phi) is 6.40. The highest BCUT2D eigenvalue weighted by Gasteiger charge is 2.10. The molecule has 0 saturated heterocycles. The van der Waals surface area contributed by atoms with Gasteiger partial charge in [0.25, 0.3) is 5.69 Å². The molecule has 3 N–H and O–H groups in total. The van der Waals surface area contributed by atoms with Gasteiger partial charge in [-0.3, -0.25) is 10.1 Å². The van der Waals surface area contributed by atoms with Crippen molar-refractivity contribution >= 4 is 11.4 Å². The molecule has 84 valence electrons. The highest BCUT2D eigenvalue weighted by molar-refractivity contribution is 5.60. The van der Waals surface area contributed by atoms with Crippen LogP contribution in [0, 0.1) is 10.1 Å². The Morgan fingerprint density at radius 2 is 2.07 bits per heavy atom. The number of halogens is 1. The zero-order valence-corrected chi connectivity index (χ0v) is 8.91. The lowest BCUT2D eigenvalue weighted by atomic mass is 10.2. The van der Waals surface area contributed by atoms with Crippen LogP contribution in [0.3, 0.4) is 0 Å². The van der Waals surface area contributed by atoms with Crippen molar-refractivity contribution in [1.82, 2.24) is 0 Å². The second kappa shape index (κ2) is 7.03. The molecule has 1 aromatic rings. The Bertz CT molecular complexity index is 320. The van der Waals surface area contributed by atoms with Gasteiger partial charge in [0.05, 0.1) is 4.92 Å². The Balaban J connectivity index is 0.00000196. The van der Waals surface area contributed by atoms with E-state index in [1.54, 1.807) is 18.2 Å². The number of rotatable bonds is 5. The third-order valence-electron chi connectivity index (χ3n) is 1.80. The topological polar surface area (TPSA) is 81.2 Å². The number of hydrogen-bond donors (Lipinski definition) is 2. The molecule has 0 saturated carbocycles. The predicted molar refractivity (Wildman–Crippen MR) is 55.3 cm³/mol. The lowest BCUT2D eigenvalue weighted by Crippen LogP contribution is -3.00. The standard InChI is InChI=1S/C9H13N3O2.ClH/c10-6-3-7-11-8-4-1-2-5-9(8)12(13)14;/h1-2,4-5,11H,3,6-7,10H2;1H/p-1. The number of nitro benzene ring substituents is 1. The Morgan fingerprint density at radius 1 is 1.40 bits per heavy atom. The Morgan fingerprint density at radius 3 is 2.67 bits per heavy atom. The Labute approximate surface area is 94.2 Å². The number of hydrogen-bond acceptors (Lipinski definition) is 4. The van der Waals surface area contributed by atoms with Crippen molar-refractivity contribution in [1.29, 1.82) is 0 Å². The number of nitrogens with zero attached hydrogens (tertiary/aromatic N) is 1. The molecule has 0 aliphatic carbocycles. The van der Waals surface area contributed by atoms with Crippen molar-refractivity contribution in [2.45, 2.75) is 6.42 Å². The van der Waals surface area contributed by atoms with Gasteiger partial charge in [-0.25, -0.2) is 0 Å². The number of para-hydroxylation sites is 2. The van der Waals surface area contributed by atoms with Crippen LogP contribution in [0.5, 0.6) is 0 Å². The fraction of sp³-hybridized carbons (Fsp3) is 0.333. The second-order valence-electron chi connectivity index (χ2n) is 2.84. The van der Waals surface area contributed by atoms with Gasteiger partial charge in [0, 0.05) is 12.6 Å². The molecule has 1 rings (SSSR count). The zero-order chi connectivity index (χ0) is 10.4. The van der Waals surface area contributed by atoms with Gasteiger partial charge in [0.15, 0.2) is 0 Å². The van der Waals surface area contributed by atoms with Crippen molar-refractivity contribution in [3.05, 3.63) is 34.4 Å².